The van der Waals surface area contributed by atoms with Gasteiger partial charge in [-0.2, -0.15) is 0 Å². The maximum atomic E-state index is 5.87. The molecule has 4 nitrogen and oxygen atoms in total. The second-order valence-corrected chi connectivity index (χ2v) is 5.51. The highest BCUT2D eigenvalue weighted by molar-refractivity contribution is 5.92. The summed E-state index contributed by atoms with van der Waals surface area (Å²) >= 11 is 0. The number of rotatable bonds is 4. The Bertz CT molecular complexity index is 411. The molecule has 0 fully saturated rings. The lowest BCUT2D eigenvalue weighted by Crippen LogP contribution is -2.27. The van der Waals surface area contributed by atoms with Crippen LogP contribution in [-0.4, -0.2) is 24.6 Å². The first kappa shape index (κ1) is 15.3. The van der Waals surface area contributed by atoms with Gasteiger partial charge < -0.3 is 16.0 Å². The SMILES string of the molecule is CCN(CC)c1ccc(NC(N)=NC(C)(C)C)cc1. The van der Waals surface area contributed by atoms with E-state index in [1.165, 1.54) is 5.69 Å². The van der Waals surface area contributed by atoms with Crippen LogP contribution in [0.1, 0.15) is 34.6 Å². The lowest BCUT2D eigenvalue weighted by atomic mass is 10.1. The molecule has 0 radical (unpaired) electrons. The van der Waals surface area contributed by atoms with Crippen molar-refractivity contribution in [2.45, 2.75) is 40.2 Å². The summed E-state index contributed by atoms with van der Waals surface area (Å²) < 4.78 is 0. The van der Waals surface area contributed by atoms with Gasteiger partial charge in [0.2, 0.25) is 0 Å². The van der Waals surface area contributed by atoms with Crippen LogP contribution >= 0.6 is 0 Å². The minimum atomic E-state index is -0.168. The van der Waals surface area contributed by atoms with Gasteiger partial charge in [-0.25, -0.2) is 4.99 Å². The molecule has 1 rings (SSSR count). The molecular formula is C15H26N4. The monoisotopic (exact) mass is 262 g/mol. The van der Waals surface area contributed by atoms with Gasteiger partial charge in [-0.1, -0.05) is 0 Å². The highest BCUT2D eigenvalue weighted by Gasteiger charge is 2.08. The molecule has 0 aliphatic heterocycles. The molecule has 0 amide bonds. The van der Waals surface area contributed by atoms with E-state index in [0.717, 1.165) is 18.8 Å². The van der Waals surface area contributed by atoms with Gasteiger partial charge in [-0.3, -0.25) is 0 Å². The molecule has 0 spiro atoms. The van der Waals surface area contributed by atoms with Gasteiger partial charge in [0.1, 0.15) is 0 Å². The van der Waals surface area contributed by atoms with E-state index in [2.05, 4.69) is 41.2 Å². The fraction of sp³-hybridized carbons (Fsp3) is 0.533. The highest BCUT2D eigenvalue weighted by atomic mass is 15.1. The maximum Gasteiger partial charge on any atom is 0.193 e. The number of anilines is 2. The summed E-state index contributed by atoms with van der Waals surface area (Å²) in [6, 6.07) is 8.25. The molecule has 0 aliphatic rings. The third-order valence-electron chi connectivity index (χ3n) is 2.72. The fourth-order valence-electron chi connectivity index (χ4n) is 1.88. The molecule has 0 atom stereocenters. The summed E-state index contributed by atoms with van der Waals surface area (Å²) in [7, 11) is 0. The van der Waals surface area contributed by atoms with E-state index >= 15 is 0 Å². The number of hydrogen-bond acceptors (Lipinski definition) is 2. The maximum absolute atomic E-state index is 5.87. The molecule has 3 N–H and O–H groups in total. The molecule has 0 bridgehead atoms. The van der Waals surface area contributed by atoms with Gasteiger partial charge in [0, 0.05) is 24.5 Å². The molecule has 0 unspecified atom stereocenters. The van der Waals surface area contributed by atoms with Crippen molar-refractivity contribution in [2.24, 2.45) is 10.7 Å². The van der Waals surface area contributed by atoms with Crippen LogP contribution in [0.4, 0.5) is 11.4 Å². The molecule has 1 aromatic carbocycles. The molecule has 4 heteroatoms. The van der Waals surface area contributed by atoms with Gasteiger partial charge in [0.05, 0.1) is 5.54 Å². The minimum absolute atomic E-state index is 0.168. The Balaban J connectivity index is 2.75. The van der Waals surface area contributed by atoms with Crippen LogP contribution in [0.15, 0.2) is 29.3 Å². The van der Waals surface area contributed by atoms with Crippen molar-refractivity contribution < 1.29 is 0 Å². The second kappa shape index (κ2) is 6.45. The summed E-state index contributed by atoms with van der Waals surface area (Å²) in [5.74, 6) is 0.447. The van der Waals surface area contributed by atoms with Crippen LogP contribution in [0.2, 0.25) is 0 Å². The number of guanidine groups is 1. The van der Waals surface area contributed by atoms with E-state index in [4.69, 9.17) is 5.73 Å². The van der Waals surface area contributed by atoms with Crippen molar-refractivity contribution >= 4 is 17.3 Å². The van der Waals surface area contributed by atoms with Crippen LogP contribution in [0.3, 0.4) is 0 Å². The normalized spacial score (nSPS) is 12.4. The van der Waals surface area contributed by atoms with Crippen LogP contribution in [-0.2, 0) is 0 Å². The van der Waals surface area contributed by atoms with E-state index in [0.29, 0.717) is 5.96 Å². The van der Waals surface area contributed by atoms with Gasteiger partial charge in [-0.05, 0) is 58.9 Å². The quantitative estimate of drug-likeness (QED) is 0.647. The molecule has 0 saturated heterocycles. The van der Waals surface area contributed by atoms with Crippen molar-refractivity contribution in [3.05, 3.63) is 24.3 Å². The van der Waals surface area contributed by atoms with Crippen molar-refractivity contribution in [2.75, 3.05) is 23.3 Å². The summed E-state index contributed by atoms with van der Waals surface area (Å²) in [4.78, 5) is 6.67. The zero-order valence-electron chi connectivity index (χ0n) is 12.7. The molecule has 0 aromatic heterocycles. The van der Waals surface area contributed by atoms with Crippen molar-refractivity contribution in [1.82, 2.24) is 0 Å². The van der Waals surface area contributed by atoms with E-state index in [1.807, 2.05) is 32.9 Å². The first-order valence-electron chi connectivity index (χ1n) is 6.83. The zero-order valence-corrected chi connectivity index (χ0v) is 12.7. The molecule has 0 aliphatic carbocycles. The predicted molar refractivity (Wildman–Crippen MR) is 85.0 cm³/mol. The van der Waals surface area contributed by atoms with Crippen LogP contribution < -0.4 is 16.0 Å². The summed E-state index contributed by atoms with van der Waals surface area (Å²) in [6.07, 6.45) is 0. The zero-order chi connectivity index (χ0) is 14.5. The number of benzene rings is 1. The average molecular weight is 262 g/mol. The first-order chi connectivity index (χ1) is 8.85. The predicted octanol–water partition coefficient (Wildman–Crippen LogP) is 3.06. The average Bonchev–Trinajstić information content (AvgIpc) is 2.30. The standard InChI is InChI=1S/C15H26N4/c1-6-19(7-2)13-10-8-12(9-11-13)17-14(16)18-15(3,4)5/h8-11H,6-7H2,1-5H3,(H3,16,17,18). The van der Waals surface area contributed by atoms with E-state index in [-0.39, 0.29) is 5.54 Å². The van der Waals surface area contributed by atoms with E-state index < -0.39 is 0 Å². The summed E-state index contributed by atoms with van der Waals surface area (Å²) in [5.41, 5.74) is 7.89. The lowest BCUT2D eigenvalue weighted by Gasteiger charge is -2.21. The number of aliphatic imine (C=N–C) groups is 1. The number of hydrogen-bond donors (Lipinski definition) is 2. The summed E-state index contributed by atoms with van der Waals surface area (Å²) in [6.45, 7) is 12.4. The Morgan fingerprint density at radius 1 is 1.16 bits per heavy atom. The van der Waals surface area contributed by atoms with Crippen molar-refractivity contribution in [3.8, 4) is 0 Å². The first-order valence-corrected chi connectivity index (χ1v) is 6.83. The molecule has 0 saturated carbocycles. The van der Waals surface area contributed by atoms with Gasteiger partial charge in [-0.15, -0.1) is 0 Å². The molecular weight excluding hydrogens is 236 g/mol. The van der Waals surface area contributed by atoms with Gasteiger partial charge >= 0.3 is 0 Å². The number of nitrogens with one attached hydrogen (secondary N) is 1. The topological polar surface area (TPSA) is 53.6 Å². The van der Waals surface area contributed by atoms with Crippen LogP contribution in [0, 0.1) is 0 Å². The smallest absolute Gasteiger partial charge is 0.193 e. The summed E-state index contributed by atoms with van der Waals surface area (Å²) in [5, 5.41) is 3.11. The highest BCUT2D eigenvalue weighted by Crippen LogP contribution is 2.17. The Kier molecular flexibility index (Phi) is 5.21. The fourth-order valence-corrected chi connectivity index (χ4v) is 1.88. The minimum Gasteiger partial charge on any atom is -0.372 e. The number of nitrogens with zero attached hydrogens (tertiary/aromatic N) is 2. The third kappa shape index (κ3) is 5.20. The van der Waals surface area contributed by atoms with Crippen LogP contribution in [0.5, 0.6) is 0 Å². The van der Waals surface area contributed by atoms with Gasteiger partial charge in [0.25, 0.3) is 0 Å². The molecule has 106 valence electrons. The van der Waals surface area contributed by atoms with Crippen molar-refractivity contribution in [3.63, 3.8) is 0 Å². The lowest BCUT2D eigenvalue weighted by molar-refractivity contribution is 0.583. The molecule has 1 aromatic rings. The Hall–Kier alpha value is -1.71. The van der Waals surface area contributed by atoms with Crippen LogP contribution in [0.25, 0.3) is 0 Å². The van der Waals surface area contributed by atoms with Gasteiger partial charge in [0.15, 0.2) is 5.96 Å². The Morgan fingerprint density at radius 2 is 1.68 bits per heavy atom. The second-order valence-electron chi connectivity index (χ2n) is 5.51. The molecule has 0 heterocycles. The third-order valence-corrected chi connectivity index (χ3v) is 2.72. The number of nitrogens with two attached hydrogens (primary N) is 1. The Labute approximate surface area is 116 Å². The van der Waals surface area contributed by atoms with Crippen molar-refractivity contribution in [1.29, 1.82) is 0 Å². The largest absolute Gasteiger partial charge is 0.372 e. The Morgan fingerprint density at radius 3 is 2.11 bits per heavy atom. The molecule has 19 heavy (non-hydrogen) atoms. The van der Waals surface area contributed by atoms with E-state index in [9.17, 15) is 0 Å². The van der Waals surface area contributed by atoms with E-state index in [1.54, 1.807) is 0 Å².